The van der Waals surface area contributed by atoms with E-state index in [9.17, 15) is 9.59 Å². The molecule has 3 heterocycles. The summed E-state index contributed by atoms with van der Waals surface area (Å²) in [4.78, 5) is 36.6. The Hall–Kier alpha value is -2.45. The summed E-state index contributed by atoms with van der Waals surface area (Å²) in [5, 5.41) is 3.52. The summed E-state index contributed by atoms with van der Waals surface area (Å²) in [6.07, 6.45) is 5.21. The standard InChI is InChI=1S/C22H29N5O2S/c1-17-7-5-6-10-27(17)20(28)16-25-11-13-26(14-12-25)22(29)24-21-23-15-19(30-21)18-8-3-2-4-9-18/h2-4,8-9,15,17H,5-7,10-14,16H2,1H3,(H,23,24,29). The van der Waals surface area contributed by atoms with Crippen LogP contribution in [0.2, 0.25) is 0 Å². The van der Waals surface area contributed by atoms with Crippen molar-refractivity contribution >= 4 is 28.4 Å². The molecule has 2 aliphatic rings. The number of nitrogens with one attached hydrogen (secondary N) is 1. The number of urea groups is 1. The quantitative estimate of drug-likeness (QED) is 0.812. The van der Waals surface area contributed by atoms with E-state index in [1.165, 1.54) is 17.8 Å². The molecular weight excluding hydrogens is 398 g/mol. The van der Waals surface area contributed by atoms with Crippen molar-refractivity contribution in [2.24, 2.45) is 0 Å². The van der Waals surface area contributed by atoms with Crippen LogP contribution in [-0.4, -0.2) is 76.9 Å². The summed E-state index contributed by atoms with van der Waals surface area (Å²) >= 11 is 1.47. The highest BCUT2D eigenvalue weighted by Gasteiger charge is 2.27. The number of thiazole rings is 1. The monoisotopic (exact) mass is 427 g/mol. The Kier molecular flexibility index (Phi) is 6.64. The Bertz CT molecular complexity index is 863. The Labute approximate surface area is 181 Å². The van der Waals surface area contributed by atoms with Crippen molar-refractivity contribution in [3.8, 4) is 10.4 Å². The van der Waals surface area contributed by atoms with Gasteiger partial charge in [0.2, 0.25) is 5.91 Å². The summed E-state index contributed by atoms with van der Waals surface area (Å²) in [5.41, 5.74) is 1.09. The lowest BCUT2D eigenvalue weighted by atomic mass is 10.0. The molecule has 1 N–H and O–H groups in total. The molecule has 30 heavy (non-hydrogen) atoms. The molecular formula is C22H29N5O2S. The summed E-state index contributed by atoms with van der Waals surface area (Å²) in [6, 6.07) is 10.2. The van der Waals surface area contributed by atoms with Crippen LogP contribution in [0.15, 0.2) is 36.5 Å². The summed E-state index contributed by atoms with van der Waals surface area (Å²) in [7, 11) is 0. The molecule has 0 bridgehead atoms. The fourth-order valence-corrected chi connectivity index (χ4v) is 4.91. The second kappa shape index (κ2) is 9.57. The van der Waals surface area contributed by atoms with E-state index in [2.05, 4.69) is 22.1 Å². The lowest BCUT2D eigenvalue weighted by molar-refractivity contribution is -0.136. The first-order valence-corrected chi connectivity index (χ1v) is 11.5. The van der Waals surface area contributed by atoms with E-state index in [4.69, 9.17) is 0 Å². The van der Waals surface area contributed by atoms with Crippen LogP contribution in [0.5, 0.6) is 0 Å². The molecule has 3 amide bonds. The van der Waals surface area contributed by atoms with Gasteiger partial charge in [-0.2, -0.15) is 0 Å². The van der Waals surface area contributed by atoms with Crippen LogP contribution in [0.1, 0.15) is 26.2 Å². The average Bonchev–Trinajstić information content (AvgIpc) is 3.23. The predicted octanol–water partition coefficient (Wildman–Crippen LogP) is 3.36. The Balaban J connectivity index is 1.24. The third-order valence-corrected chi connectivity index (χ3v) is 6.88. The number of hydrogen-bond acceptors (Lipinski definition) is 5. The van der Waals surface area contributed by atoms with Crippen molar-refractivity contribution < 1.29 is 9.59 Å². The maximum atomic E-state index is 12.6. The van der Waals surface area contributed by atoms with Gasteiger partial charge in [0.1, 0.15) is 0 Å². The maximum absolute atomic E-state index is 12.6. The third kappa shape index (κ3) is 4.99. The van der Waals surface area contributed by atoms with E-state index in [1.54, 1.807) is 11.1 Å². The van der Waals surface area contributed by atoms with Gasteiger partial charge in [0.05, 0.1) is 11.4 Å². The molecule has 1 aromatic heterocycles. The van der Waals surface area contributed by atoms with Gasteiger partial charge in [0.25, 0.3) is 0 Å². The van der Waals surface area contributed by atoms with E-state index in [0.29, 0.717) is 43.9 Å². The highest BCUT2D eigenvalue weighted by Crippen LogP contribution is 2.28. The molecule has 2 saturated heterocycles. The molecule has 160 valence electrons. The molecule has 2 aromatic rings. The molecule has 2 fully saturated rings. The van der Waals surface area contributed by atoms with E-state index in [1.807, 2.05) is 35.2 Å². The molecule has 0 radical (unpaired) electrons. The number of anilines is 1. The molecule has 8 heteroatoms. The number of hydrogen-bond donors (Lipinski definition) is 1. The highest BCUT2D eigenvalue weighted by atomic mass is 32.1. The molecule has 0 spiro atoms. The minimum absolute atomic E-state index is 0.125. The van der Waals surface area contributed by atoms with Gasteiger partial charge in [-0.15, -0.1) is 0 Å². The zero-order chi connectivity index (χ0) is 20.9. The molecule has 4 rings (SSSR count). The second-order valence-corrected chi connectivity index (χ2v) is 9.05. The zero-order valence-corrected chi connectivity index (χ0v) is 18.2. The summed E-state index contributed by atoms with van der Waals surface area (Å²) in [6.45, 7) is 6.13. The lowest BCUT2D eigenvalue weighted by Gasteiger charge is -2.37. The highest BCUT2D eigenvalue weighted by molar-refractivity contribution is 7.19. The zero-order valence-electron chi connectivity index (χ0n) is 17.4. The van der Waals surface area contributed by atoms with Gasteiger partial charge >= 0.3 is 6.03 Å². The number of carbonyl (C=O) groups excluding carboxylic acids is 2. The fourth-order valence-electron chi connectivity index (χ4n) is 4.10. The minimum atomic E-state index is -0.125. The number of rotatable bonds is 4. The summed E-state index contributed by atoms with van der Waals surface area (Å²) in [5.74, 6) is 0.219. The van der Waals surface area contributed by atoms with Crippen molar-refractivity contribution in [2.45, 2.75) is 32.2 Å². The van der Waals surface area contributed by atoms with Gasteiger partial charge in [0.15, 0.2) is 5.13 Å². The predicted molar refractivity (Wildman–Crippen MR) is 120 cm³/mol. The molecule has 7 nitrogen and oxygen atoms in total. The van der Waals surface area contributed by atoms with Crippen molar-refractivity contribution in [3.05, 3.63) is 36.5 Å². The van der Waals surface area contributed by atoms with E-state index in [-0.39, 0.29) is 11.9 Å². The van der Waals surface area contributed by atoms with Crippen LogP contribution in [0.25, 0.3) is 10.4 Å². The molecule has 1 atom stereocenters. The topological polar surface area (TPSA) is 68.8 Å². The van der Waals surface area contributed by atoms with Crippen molar-refractivity contribution in [1.29, 1.82) is 0 Å². The normalized spacial score (nSPS) is 20.2. The smallest absolute Gasteiger partial charge is 0.323 e. The van der Waals surface area contributed by atoms with E-state index >= 15 is 0 Å². The van der Waals surface area contributed by atoms with Crippen LogP contribution in [0.4, 0.5) is 9.93 Å². The van der Waals surface area contributed by atoms with Gasteiger partial charge in [-0.3, -0.25) is 15.0 Å². The van der Waals surface area contributed by atoms with Gasteiger partial charge in [-0.1, -0.05) is 41.7 Å². The largest absolute Gasteiger partial charge is 0.339 e. The second-order valence-electron chi connectivity index (χ2n) is 8.02. The number of aromatic nitrogens is 1. The van der Waals surface area contributed by atoms with E-state index in [0.717, 1.165) is 29.8 Å². The lowest BCUT2D eigenvalue weighted by Crippen LogP contribution is -2.53. The van der Waals surface area contributed by atoms with Crippen LogP contribution >= 0.6 is 11.3 Å². The molecule has 0 aliphatic carbocycles. The van der Waals surface area contributed by atoms with Crippen LogP contribution in [-0.2, 0) is 4.79 Å². The summed E-state index contributed by atoms with van der Waals surface area (Å²) < 4.78 is 0. The first-order chi connectivity index (χ1) is 14.6. The number of benzene rings is 1. The number of nitrogens with zero attached hydrogens (tertiary/aromatic N) is 4. The SMILES string of the molecule is CC1CCCCN1C(=O)CN1CCN(C(=O)Nc2ncc(-c3ccccc3)s2)CC1. The Morgan fingerprint density at radius 2 is 1.87 bits per heavy atom. The molecule has 1 aromatic carbocycles. The van der Waals surface area contributed by atoms with Gasteiger partial charge < -0.3 is 9.80 Å². The Morgan fingerprint density at radius 1 is 1.10 bits per heavy atom. The van der Waals surface area contributed by atoms with Crippen molar-refractivity contribution in [1.82, 2.24) is 19.7 Å². The number of amides is 3. The minimum Gasteiger partial charge on any atom is -0.339 e. The Morgan fingerprint density at radius 3 is 2.60 bits per heavy atom. The van der Waals surface area contributed by atoms with Crippen LogP contribution < -0.4 is 5.32 Å². The van der Waals surface area contributed by atoms with Crippen molar-refractivity contribution in [2.75, 3.05) is 44.6 Å². The number of piperidine rings is 1. The molecule has 1 unspecified atom stereocenters. The third-order valence-electron chi connectivity index (χ3n) is 5.92. The van der Waals surface area contributed by atoms with Gasteiger partial charge in [-0.25, -0.2) is 9.78 Å². The first-order valence-electron chi connectivity index (χ1n) is 10.7. The van der Waals surface area contributed by atoms with E-state index < -0.39 is 0 Å². The molecule has 0 saturated carbocycles. The fraction of sp³-hybridized carbons (Fsp3) is 0.500. The van der Waals surface area contributed by atoms with Crippen molar-refractivity contribution in [3.63, 3.8) is 0 Å². The van der Waals surface area contributed by atoms with Gasteiger partial charge in [-0.05, 0) is 31.7 Å². The van der Waals surface area contributed by atoms with Crippen LogP contribution in [0, 0.1) is 0 Å². The number of likely N-dealkylation sites (tertiary alicyclic amines) is 1. The number of carbonyl (C=O) groups is 2. The molecule has 2 aliphatic heterocycles. The van der Waals surface area contributed by atoms with Crippen LogP contribution in [0.3, 0.4) is 0 Å². The maximum Gasteiger partial charge on any atom is 0.323 e. The van der Waals surface area contributed by atoms with Gasteiger partial charge in [0, 0.05) is 45.0 Å². The number of piperazine rings is 1. The first kappa shape index (κ1) is 20.8. The average molecular weight is 428 g/mol.